The number of alkyl halides is 1. The van der Waals surface area contributed by atoms with Crippen LogP contribution >= 0.6 is 22.6 Å². The van der Waals surface area contributed by atoms with E-state index in [0.717, 1.165) is 6.54 Å². The summed E-state index contributed by atoms with van der Waals surface area (Å²) in [5.74, 6) is -0.444. The molecule has 4 aliphatic rings. The summed E-state index contributed by atoms with van der Waals surface area (Å²) in [4.78, 5) is 29.8. The Balaban J connectivity index is 1.90. The van der Waals surface area contributed by atoms with E-state index in [0.29, 0.717) is 27.3 Å². The molecule has 0 spiro atoms. The summed E-state index contributed by atoms with van der Waals surface area (Å²) in [7, 11) is 3.74. The van der Waals surface area contributed by atoms with Gasteiger partial charge in [0.2, 0.25) is 11.6 Å². The van der Waals surface area contributed by atoms with E-state index in [-0.39, 0.29) is 29.2 Å². The highest BCUT2D eigenvalue weighted by Crippen LogP contribution is 2.59. The van der Waals surface area contributed by atoms with Gasteiger partial charge >= 0.3 is 0 Å². The maximum Gasteiger partial charge on any atom is 0.207 e. The monoisotopic (exact) mass is 415 g/mol. The van der Waals surface area contributed by atoms with E-state index in [2.05, 4.69) is 34.5 Å². The Morgan fingerprint density at radius 3 is 2.68 bits per heavy atom. The molecule has 6 nitrogen and oxygen atoms in total. The Kier molecular flexibility index (Phi) is 2.88. The normalized spacial score (nSPS) is 42.8. The third-order valence-electron chi connectivity index (χ3n) is 5.75. The number of hydrogen-bond donors (Lipinski definition) is 1. The number of nitrogens with zero attached hydrogens (tertiary/aromatic N) is 2. The van der Waals surface area contributed by atoms with E-state index in [1.807, 2.05) is 4.90 Å². The Morgan fingerprint density at radius 2 is 2.09 bits per heavy atom. The molecule has 5 atom stereocenters. The molecule has 0 aromatic heterocycles. The summed E-state index contributed by atoms with van der Waals surface area (Å²) < 4.78 is 6.70. The zero-order valence-electron chi connectivity index (χ0n) is 12.7. The molecule has 4 rings (SSSR count). The van der Waals surface area contributed by atoms with Gasteiger partial charge in [-0.2, -0.15) is 0 Å². The Hall–Kier alpha value is -0.930. The number of Topliss-reactive ketones (excluding diaryl/α,β-unsaturated/α-hetero) is 2. The SMILES string of the molecule is CO[C@@]12[C@H](CI)C3=C(C(=O)C(C)=C(N)C3=O)N1C[C@H]1[C@@H]2N1C. The van der Waals surface area contributed by atoms with Crippen LogP contribution in [0.2, 0.25) is 0 Å². The number of carbonyl (C=O) groups excluding carboxylic acids is 2. The molecular weight excluding hydrogens is 397 g/mol. The lowest BCUT2D eigenvalue weighted by Gasteiger charge is -2.40. The predicted octanol–water partition coefficient (Wildman–Crippen LogP) is 0.0307. The first-order valence-corrected chi connectivity index (χ1v) is 8.85. The maximum atomic E-state index is 12.8. The average Bonchev–Trinajstić information content (AvgIpc) is 2.91. The standard InChI is InChI=1S/C15H18IN3O3/c1-6-10(17)13(21)9-7(4-16)15(22-3)14-8(18(14)2)5-19(15)11(9)12(6)20/h7-8,14H,4-5,17H2,1-3H3/t7-,8+,14+,15-,18?/m1/s1. The highest BCUT2D eigenvalue weighted by atomic mass is 127. The Bertz CT molecular complexity index is 660. The van der Waals surface area contributed by atoms with Crippen molar-refractivity contribution in [3.8, 4) is 0 Å². The van der Waals surface area contributed by atoms with Gasteiger partial charge in [-0.3, -0.25) is 14.5 Å². The van der Waals surface area contributed by atoms with Gasteiger partial charge in [-0.15, -0.1) is 0 Å². The van der Waals surface area contributed by atoms with Crippen molar-refractivity contribution < 1.29 is 14.3 Å². The third-order valence-corrected chi connectivity index (χ3v) is 6.64. The van der Waals surface area contributed by atoms with Gasteiger partial charge in [0.05, 0.1) is 17.4 Å². The molecule has 2 fully saturated rings. The first-order valence-electron chi connectivity index (χ1n) is 7.32. The van der Waals surface area contributed by atoms with Crippen LogP contribution in [0.3, 0.4) is 0 Å². The van der Waals surface area contributed by atoms with Crippen molar-refractivity contribution in [3.63, 3.8) is 0 Å². The van der Waals surface area contributed by atoms with Gasteiger partial charge in [-0.25, -0.2) is 0 Å². The third kappa shape index (κ3) is 1.34. The molecule has 3 aliphatic heterocycles. The van der Waals surface area contributed by atoms with Gasteiger partial charge in [0, 0.05) is 41.2 Å². The van der Waals surface area contributed by atoms with E-state index >= 15 is 0 Å². The second kappa shape index (κ2) is 4.33. The molecule has 0 aromatic rings. The number of nitrogens with two attached hydrogens (primary N) is 1. The second-order valence-electron chi connectivity index (χ2n) is 6.41. The number of piperazine rings is 1. The molecule has 1 aliphatic carbocycles. The molecule has 0 amide bonds. The summed E-state index contributed by atoms with van der Waals surface area (Å²) in [6.07, 6.45) is 0. The molecule has 0 radical (unpaired) electrons. The van der Waals surface area contributed by atoms with Crippen LogP contribution in [0.4, 0.5) is 0 Å². The van der Waals surface area contributed by atoms with Gasteiger partial charge in [0.25, 0.3) is 0 Å². The number of methoxy groups -OCH3 is 1. The molecule has 2 saturated heterocycles. The topological polar surface area (TPSA) is 75.6 Å². The number of likely N-dealkylation sites (N-methyl/N-ethyl adjacent to an activating group) is 1. The fraction of sp³-hybridized carbons (Fsp3) is 0.600. The molecule has 2 N–H and O–H groups in total. The number of hydrogen-bond acceptors (Lipinski definition) is 6. The highest BCUT2D eigenvalue weighted by Gasteiger charge is 2.74. The summed E-state index contributed by atoms with van der Waals surface area (Å²) in [5, 5.41) is 0. The molecule has 3 heterocycles. The van der Waals surface area contributed by atoms with Crippen molar-refractivity contribution in [2.45, 2.75) is 24.7 Å². The molecule has 0 bridgehead atoms. The number of halogens is 1. The van der Waals surface area contributed by atoms with E-state index in [1.54, 1.807) is 14.0 Å². The number of allylic oxidation sites excluding steroid dienone is 2. The Labute approximate surface area is 142 Å². The van der Waals surface area contributed by atoms with E-state index < -0.39 is 5.72 Å². The lowest BCUT2D eigenvalue weighted by Crippen LogP contribution is -2.54. The quantitative estimate of drug-likeness (QED) is 0.297. The predicted molar refractivity (Wildman–Crippen MR) is 88.1 cm³/mol. The largest absolute Gasteiger partial charge is 0.395 e. The number of carbonyl (C=O) groups is 2. The van der Waals surface area contributed by atoms with Crippen LogP contribution in [0.15, 0.2) is 22.5 Å². The molecule has 1 unspecified atom stereocenters. The maximum absolute atomic E-state index is 12.8. The van der Waals surface area contributed by atoms with Crippen molar-refractivity contribution in [1.29, 1.82) is 0 Å². The molecule has 118 valence electrons. The Morgan fingerprint density at radius 1 is 1.41 bits per heavy atom. The van der Waals surface area contributed by atoms with Gasteiger partial charge in [0.15, 0.2) is 5.72 Å². The minimum atomic E-state index is -0.610. The van der Waals surface area contributed by atoms with Gasteiger partial charge in [0.1, 0.15) is 0 Å². The smallest absolute Gasteiger partial charge is 0.207 e. The van der Waals surface area contributed by atoms with Crippen molar-refractivity contribution in [2.24, 2.45) is 11.7 Å². The van der Waals surface area contributed by atoms with Crippen LogP contribution in [-0.2, 0) is 14.3 Å². The first-order chi connectivity index (χ1) is 10.4. The minimum Gasteiger partial charge on any atom is -0.395 e. The fourth-order valence-corrected chi connectivity index (χ4v) is 5.62. The molecule has 7 heteroatoms. The summed E-state index contributed by atoms with van der Waals surface area (Å²) in [6, 6.07) is 0.621. The van der Waals surface area contributed by atoms with Gasteiger partial charge in [-0.1, -0.05) is 22.6 Å². The summed E-state index contributed by atoms with van der Waals surface area (Å²) in [5.41, 5.74) is 6.82. The zero-order valence-corrected chi connectivity index (χ0v) is 14.9. The van der Waals surface area contributed by atoms with Crippen LogP contribution in [0.5, 0.6) is 0 Å². The minimum absolute atomic E-state index is 0.0896. The average molecular weight is 415 g/mol. The van der Waals surface area contributed by atoms with Gasteiger partial charge < -0.3 is 15.4 Å². The van der Waals surface area contributed by atoms with Crippen LogP contribution in [0.1, 0.15) is 6.92 Å². The molecular formula is C15H18IN3O3. The zero-order chi connectivity index (χ0) is 16.0. The van der Waals surface area contributed by atoms with Crippen LogP contribution < -0.4 is 5.73 Å². The van der Waals surface area contributed by atoms with Crippen molar-refractivity contribution >= 4 is 34.2 Å². The van der Waals surface area contributed by atoms with Crippen molar-refractivity contribution in [2.75, 3.05) is 25.1 Å². The lowest BCUT2D eigenvalue weighted by molar-refractivity contribution is -0.134. The van der Waals surface area contributed by atoms with Crippen LogP contribution in [0, 0.1) is 5.92 Å². The number of ketones is 2. The van der Waals surface area contributed by atoms with Crippen LogP contribution in [-0.4, -0.2) is 64.3 Å². The van der Waals surface area contributed by atoms with E-state index in [9.17, 15) is 9.59 Å². The summed E-state index contributed by atoms with van der Waals surface area (Å²) in [6.45, 7) is 2.36. The van der Waals surface area contributed by atoms with Crippen molar-refractivity contribution in [3.05, 3.63) is 22.5 Å². The molecule has 0 aromatic carbocycles. The molecule has 22 heavy (non-hydrogen) atoms. The highest BCUT2D eigenvalue weighted by molar-refractivity contribution is 14.1. The number of rotatable bonds is 2. The van der Waals surface area contributed by atoms with E-state index in [1.165, 1.54) is 0 Å². The molecule has 0 saturated carbocycles. The lowest BCUT2D eigenvalue weighted by atomic mass is 9.83. The van der Waals surface area contributed by atoms with Gasteiger partial charge in [-0.05, 0) is 14.0 Å². The number of ether oxygens (including phenoxy) is 1. The van der Waals surface area contributed by atoms with E-state index in [4.69, 9.17) is 10.5 Å². The van der Waals surface area contributed by atoms with Crippen LogP contribution in [0.25, 0.3) is 0 Å². The fourth-order valence-electron chi connectivity index (χ4n) is 4.55. The number of fused-ring (bicyclic) bond motifs is 4. The summed E-state index contributed by atoms with van der Waals surface area (Å²) >= 11 is 2.27. The second-order valence-corrected chi connectivity index (χ2v) is 7.29. The first kappa shape index (κ1) is 14.6. The van der Waals surface area contributed by atoms with Crippen molar-refractivity contribution in [1.82, 2.24) is 9.80 Å².